The predicted molar refractivity (Wildman–Crippen MR) is 85.0 cm³/mol. The van der Waals surface area contributed by atoms with Gasteiger partial charge in [-0.05, 0) is 25.7 Å². The highest BCUT2D eigenvalue weighted by Gasteiger charge is 2.28. The molecule has 0 amide bonds. The van der Waals surface area contributed by atoms with Crippen LogP contribution in [-0.4, -0.2) is 22.4 Å². The van der Waals surface area contributed by atoms with Crippen molar-refractivity contribution >= 4 is 21.7 Å². The summed E-state index contributed by atoms with van der Waals surface area (Å²) in [7, 11) is 2.08. The first kappa shape index (κ1) is 14.9. The molecule has 0 N–H and O–H groups in total. The number of nitrogens with zero attached hydrogens (tertiary/aromatic N) is 3. The summed E-state index contributed by atoms with van der Waals surface area (Å²) in [5.74, 6) is 2.01. The summed E-state index contributed by atoms with van der Waals surface area (Å²) in [6.45, 7) is 7.85. The van der Waals surface area contributed by atoms with Crippen LogP contribution in [0, 0.1) is 12.8 Å². The van der Waals surface area contributed by atoms with E-state index >= 15 is 0 Å². The average Bonchev–Trinajstić information content (AvgIpc) is 2.94. The highest BCUT2D eigenvalue weighted by atomic mass is 79.9. The SMILES string of the molecule is Cc1nn(C)c(N(CC(C)C)C2CCCC2)c1CBr. The van der Waals surface area contributed by atoms with E-state index in [1.165, 1.54) is 37.1 Å². The lowest BCUT2D eigenvalue weighted by Gasteiger charge is -2.33. The van der Waals surface area contributed by atoms with Gasteiger partial charge >= 0.3 is 0 Å². The fourth-order valence-electron chi connectivity index (χ4n) is 3.22. The molecule has 0 aliphatic heterocycles. The van der Waals surface area contributed by atoms with Gasteiger partial charge in [0.1, 0.15) is 5.82 Å². The number of alkyl halides is 1. The summed E-state index contributed by atoms with van der Waals surface area (Å²) >= 11 is 3.64. The number of anilines is 1. The molecular weight excluding hydrogens is 302 g/mol. The van der Waals surface area contributed by atoms with Gasteiger partial charge in [-0.25, -0.2) is 0 Å². The molecule has 1 aliphatic carbocycles. The molecule has 1 aliphatic rings. The zero-order chi connectivity index (χ0) is 14.0. The van der Waals surface area contributed by atoms with Gasteiger partial charge in [0.2, 0.25) is 0 Å². The Morgan fingerprint density at radius 2 is 2.00 bits per heavy atom. The van der Waals surface area contributed by atoms with Crippen LogP contribution in [0.3, 0.4) is 0 Å². The minimum Gasteiger partial charge on any atom is -0.353 e. The maximum absolute atomic E-state index is 4.63. The molecule has 108 valence electrons. The van der Waals surface area contributed by atoms with Crippen molar-refractivity contribution in [1.82, 2.24) is 9.78 Å². The summed E-state index contributed by atoms with van der Waals surface area (Å²) in [4.78, 5) is 2.62. The van der Waals surface area contributed by atoms with E-state index in [-0.39, 0.29) is 0 Å². The molecule has 0 bridgehead atoms. The largest absolute Gasteiger partial charge is 0.353 e. The van der Waals surface area contributed by atoms with Crippen LogP contribution in [0.5, 0.6) is 0 Å². The van der Waals surface area contributed by atoms with Gasteiger partial charge in [-0.2, -0.15) is 5.10 Å². The van der Waals surface area contributed by atoms with Crippen LogP contribution >= 0.6 is 15.9 Å². The third-order valence-corrected chi connectivity index (χ3v) is 4.61. The quantitative estimate of drug-likeness (QED) is 0.761. The molecule has 3 nitrogen and oxygen atoms in total. The number of halogens is 1. The molecule has 0 saturated heterocycles. The van der Waals surface area contributed by atoms with Crippen molar-refractivity contribution in [3.05, 3.63) is 11.3 Å². The lowest BCUT2D eigenvalue weighted by atomic mass is 10.1. The van der Waals surface area contributed by atoms with E-state index in [4.69, 9.17) is 0 Å². The minimum atomic E-state index is 0.680. The Labute approximate surface area is 125 Å². The topological polar surface area (TPSA) is 21.1 Å². The number of hydrogen-bond donors (Lipinski definition) is 0. The summed E-state index contributed by atoms with van der Waals surface area (Å²) < 4.78 is 2.08. The average molecular weight is 328 g/mol. The van der Waals surface area contributed by atoms with Gasteiger partial charge in [0.15, 0.2) is 0 Å². The van der Waals surface area contributed by atoms with Crippen molar-refractivity contribution in [3.63, 3.8) is 0 Å². The second kappa shape index (κ2) is 6.29. The first-order valence-electron chi connectivity index (χ1n) is 7.39. The molecule has 1 heterocycles. The maximum atomic E-state index is 4.63. The Morgan fingerprint density at radius 1 is 1.37 bits per heavy atom. The number of hydrogen-bond acceptors (Lipinski definition) is 2. The molecular formula is C15H26BrN3. The Balaban J connectivity index is 2.36. The molecule has 2 rings (SSSR count). The van der Waals surface area contributed by atoms with Crippen LogP contribution in [0.1, 0.15) is 50.8 Å². The van der Waals surface area contributed by atoms with Crippen LogP contribution in [0.4, 0.5) is 5.82 Å². The van der Waals surface area contributed by atoms with Gasteiger partial charge < -0.3 is 4.90 Å². The molecule has 0 unspecified atom stereocenters. The highest BCUT2D eigenvalue weighted by molar-refractivity contribution is 9.08. The van der Waals surface area contributed by atoms with E-state index < -0.39 is 0 Å². The number of aromatic nitrogens is 2. The fourth-order valence-corrected chi connectivity index (χ4v) is 3.88. The summed E-state index contributed by atoms with van der Waals surface area (Å²) in [5.41, 5.74) is 2.51. The van der Waals surface area contributed by atoms with E-state index in [1.54, 1.807) is 0 Å². The van der Waals surface area contributed by atoms with Crippen molar-refractivity contribution in [2.45, 2.75) is 57.8 Å². The predicted octanol–water partition coefficient (Wildman–Crippen LogP) is 4.03. The summed E-state index contributed by atoms with van der Waals surface area (Å²) in [5, 5.41) is 5.52. The smallest absolute Gasteiger partial charge is 0.131 e. The van der Waals surface area contributed by atoms with Crippen LogP contribution in [0.15, 0.2) is 0 Å². The van der Waals surface area contributed by atoms with Crippen molar-refractivity contribution in [2.24, 2.45) is 13.0 Å². The van der Waals surface area contributed by atoms with E-state index in [0.29, 0.717) is 12.0 Å². The zero-order valence-corrected chi connectivity index (χ0v) is 14.2. The Hall–Kier alpha value is -0.510. The minimum absolute atomic E-state index is 0.680. The van der Waals surface area contributed by atoms with Gasteiger partial charge in [0.25, 0.3) is 0 Å². The fraction of sp³-hybridized carbons (Fsp3) is 0.800. The normalized spacial score (nSPS) is 16.5. The highest BCUT2D eigenvalue weighted by Crippen LogP contribution is 2.33. The van der Waals surface area contributed by atoms with Gasteiger partial charge in [0.05, 0.1) is 5.69 Å². The molecule has 0 atom stereocenters. The number of rotatable bonds is 5. The first-order chi connectivity index (χ1) is 9.04. The van der Waals surface area contributed by atoms with Crippen molar-refractivity contribution in [3.8, 4) is 0 Å². The standard InChI is InChI=1S/C15H26BrN3/c1-11(2)10-19(13-7-5-6-8-13)15-14(9-16)12(3)17-18(15)4/h11,13H,5-10H2,1-4H3. The van der Waals surface area contributed by atoms with Gasteiger partial charge in [0, 0.05) is 30.5 Å². The Morgan fingerprint density at radius 3 is 2.53 bits per heavy atom. The molecule has 1 aromatic rings. The zero-order valence-electron chi connectivity index (χ0n) is 12.6. The third kappa shape index (κ3) is 3.15. The van der Waals surface area contributed by atoms with Crippen LogP contribution < -0.4 is 4.90 Å². The monoisotopic (exact) mass is 327 g/mol. The van der Waals surface area contributed by atoms with Gasteiger partial charge in [-0.15, -0.1) is 0 Å². The maximum Gasteiger partial charge on any atom is 0.131 e. The Bertz CT molecular complexity index is 419. The second-order valence-corrected chi connectivity index (χ2v) is 6.69. The molecule has 0 radical (unpaired) electrons. The first-order valence-corrected chi connectivity index (χ1v) is 8.51. The van der Waals surface area contributed by atoms with Gasteiger partial charge in [-0.3, -0.25) is 4.68 Å². The molecule has 4 heteroatoms. The molecule has 1 aromatic heterocycles. The van der Waals surface area contributed by atoms with Crippen LogP contribution in [-0.2, 0) is 12.4 Å². The summed E-state index contributed by atoms with van der Waals surface area (Å²) in [6.07, 6.45) is 5.41. The lowest BCUT2D eigenvalue weighted by molar-refractivity contribution is 0.519. The summed E-state index contributed by atoms with van der Waals surface area (Å²) in [6, 6.07) is 0.704. The third-order valence-electron chi connectivity index (χ3n) is 4.05. The molecule has 1 saturated carbocycles. The number of aryl methyl sites for hydroxylation is 2. The molecule has 0 aromatic carbocycles. The van der Waals surface area contributed by atoms with Gasteiger partial charge in [-0.1, -0.05) is 42.6 Å². The van der Waals surface area contributed by atoms with E-state index in [1.807, 2.05) is 0 Å². The molecule has 0 spiro atoms. The van der Waals surface area contributed by atoms with Crippen LogP contribution in [0.25, 0.3) is 0 Å². The van der Waals surface area contributed by atoms with E-state index in [2.05, 4.69) is 58.4 Å². The lowest BCUT2D eigenvalue weighted by Crippen LogP contribution is -2.38. The van der Waals surface area contributed by atoms with Crippen LogP contribution in [0.2, 0.25) is 0 Å². The molecule has 1 fully saturated rings. The van der Waals surface area contributed by atoms with Crippen molar-refractivity contribution in [2.75, 3.05) is 11.4 Å². The second-order valence-electron chi connectivity index (χ2n) is 6.13. The van der Waals surface area contributed by atoms with E-state index in [0.717, 1.165) is 17.6 Å². The van der Waals surface area contributed by atoms with Crippen molar-refractivity contribution in [1.29, 1.82) is 0 Å². The Kier molecular flexibility index (Phi) is 4.93. The van der Waals surface area contributed by atoms with E-state index in [9.17, 15) is 0 Å². The van der Waals surface area contributed by atoms with Crippen molar-refractivity contribution < 1.29 is 0 Å². The molecule has 19 heavy (non-hydrogen) atoms.